The van der Waals surface area contributed by atoms with E-state index in [1.807, 2.05) is 26.0 Å². The zero-order valence-electron chi connectivity index (χ0n) is 17.7. The lowest BCUT2D eigenvalue weighted by molar-refractivity contribution is -0.155. The molecule has 0 N–H and O–H groups in total. The summed E-state index contributed by atoms with van der Waals surface area (Å²) in [4.78, 5) is 24.6. The van der Waals surface area contributed by atoms with Crippen molar-refractivity contribution in [2.75, 3.05) is 13.2 Å². The van der Waals surface area contributed by atoms with E-state index in [-0.39, 0.29) is 23.8 Å². The van der Waals surface area contributed by atoms with Crippen LogP contribution in [0.5, 0.6) is 0 Å². The first kappa shape index (κ1) is 23.2. The molecule has 1 aromatic carbocycles. The number of esters is 2. The first-order valence-corrected chi connectivity index (χ1v) is 10.2. The van der Waals surface area contributed by atoms with Crippen LogP contribution in [0.15, 0.2) is 24.3 Å². The molecule has 1 rings (SSSR count). The molecule has 0 saturated carbocycles. The van der Waals surface area contributed by atoms with Crippen LogP contribution in [0.3, 0.4) is 0 Å². The minimum atomic E-state index is -0.503. The smallest absolute Gasteiger partial charge is 0.309 e. The predicted octanol–water partition coefficient (Wildman–Crippen LogP) is 5.22. The summed E-state index contributed by atoms with van der Waals surface area (Å²) >= 11 is 0. The Labute approximate surface area is 164 Å². The molecule has 0 bridgehead atoms. The summed E-state index contributed by atoms with van der Waals surface area (Å²) in [7, 11) is 0. The third-order valence-electron chi connectivity index (χ3n) is 4.55. The van der Waals surface area contributed by atoms with Gasteiger partial charge in [-0.25, -0.2) is 0 Å². The molecule has 0 heterocycles. The summed E-state index contributed by atoms with van der Waals surface area (Å²) < 4.78 is 10.6. The molecule has 0 fully saturated rings. The van der Waals surface area contributed by atoms with Gasteiger partial charge in [-0.1, -0.05) is 71.7 Å². The second-order valence-corrected chi connectivity index (χ2v) is 8.15. The van der Waals surface area contributed by atoms with Crippen molar-refractivity contribution in [1.82, 2.24) is 0 Å². The maximum Gasteiger partial charge on any atom is 0.309 e. The Bertz CT molecular complexity index is 569. The molecule has 0 aliphatic heterocycles. The van der Waals surface area contributed by atoms with Gasteiger partial charge in [-0.2, -0.15) is 0 Å². The van der Waals surface area contributed by atoms with Crippen molar-refractivity contribution in [2.24, 2.45) is 5.92 Å². The largest absolute Gasteiger partial charge is 0.466 e. The fourth-order valence-corrected chi connectivity index (χ4v) is 2.69. The Morgan fingerprint density at radius 1 is 0.926 bits per heavy atom. The van der Waals surface area contributed by atoms with Gasteiger partial charge in [0, 0.05) is 0 Å². The lowest BCUT2D eigenvalue weighted by Crippen LogP contribution is -2.25. The van der Waals surface area contributed by atoms with Gasteiger partial charge in [0.1, 0.15) is 0 Å². The molecule has 152 valence electrons. The van der Waals surface area contributed by atoms with Gasteiger partial charge < -0.3 is 9.47 Å². The van der Waals surface area contributed by atoms with Crippen LogP contribution in [0.25, 0.3) is 0 Å². The third-order valence-corrected chi connectivity index (χ3v) is 4.55. The van der Waals surface area contributed by atoms with Crippen LogP contribution in [0.4, 0.5) is 0 Å². The van der Waals surface area contributed by atoms with E-state index in [2.05, 4.69) is 32.9 Å². The van der Waals surface area contributed by atoms with E-state index in [1.165, 1.54) is 5.56 Å². The van der Waals surface area contributed by atoms with E-state index in [0.29, 0.717) is 19.6 Å². The van der Waals surface area contributed by atoms with Gasteiger partial charge in [0.2, 0.25) is 0 Å². The molecular weight excluding hydrogens is 340 g/mol. The molecular formula is C23H36O4. The van der Waals surface area contributed by atoms with Crippen molar-refractivity contribution in [3.63, 3.8) is 0 Å². The fraction of sp³-hybridized carbons (Fsp3) is 0.652. The van der Waals surface area contributed by atoms with Crippen LogP contribution < -0.4 is 0 Å². The first-order chi connectivity index (χ1) is 12.8. The van der Waals surface area contributed by atoms with Crippen molar-refractivity contribution in [3.05, 3.63) is 35.4 Å². The van der Waals surface area contributed by atoms with E-state index >= 15 is 0 Å². The second kappa shape index (κ2) is 11.8. The van der Waals surface area contributed by atoms with Gasteiger partial charge in [-0.15, -0.1) is 0 Å². The van der Waals surface area contributed by atoms with Crippen LogP contribution >= 0.6 is 0 Å². The minimum absolute atomic E-state index is 0.0652. The van der Waals surface area contributed by atoms with Gasteiger partial charge in [0.05, 0.1) is 25.6 Å². The monoisotopic (exact) mass is 376 g/mol. The molecule has 0 aliphatic carbocycles. The number of carbonyl (C=O) groups is 2. The van der Waals surface area contributed by atoms with Gasteiger partial charge in [-0.05, 0) is 35.8 Å². The highest BCUT2D eigenvalue weighted by Crippen LogP contribution is 2.23. The fourth-order valence-electron chi connectivity index (χ4n) is 2.69. The van der Waals surface area contributed by atoms with E-state index < -0.39 is 5.92 Å². The number of hydrogen-bond donors (Lipinski definition) is 0. The number of hydrogen-bond acceptors (Lipinski definition) is 4. The maximum atomic E-state index is 12.5. The average molecular weight is 377 g/mol. The molecule has 4 heteroatoms. The molecule has 1 atom stereocenters. The van der Waals surface area contributed by atoms with Crippen LogP contribution in [0.1, 0.15) is 77.8 Å². The molecule has 27 heavy (non-hydrogen) atoms. The zero-order chi connectivity index (χ0) is 20.3. The van der Waals surface area contributed by atoms with Crippen molar-refractivity contribution in [1.29, 1.82) is 0 Å². The predicted molar refractivity (Wildman–Crippen MR) is 109 cm³/mol. The highest BCUT2D eigenvalue weighted by molar-refractivity contribution is 5.80. The minimum Gasteiger partial charge on any atom is -0.466 e. The number of benzene rings is 1. The van der Waals surface area contributed by atoms with Crippen molar-refractivity contribution >= 4 is 11.9 Å². The number of unbranched alkanes of at least 4 members (excludes halogenated alkanes) is 2. The molecule has 4 nitrogen and oxygen atoms in total. The summed E-state index contributed by atoms with van der Waals surface area (Å²) in [6, 6.07) is 8.26. The maximum absolute atomic E-state index is 12.5. The van der Waals surface area contributed by atoms with Crippen LogP contribution in [-0.2, 0) is 30.9 Å². The highest BCUT2D eigenvalue weighted by Gasteiger charge is 2.25. The highest BCUT2D eigenvalue weighted by atomic mass is 16.5. The normalized spacial score (nSPS) is 12.5. The van der Waals surface area contributed by atoms with Gasteiger partial charge >= 0.3 is 11.9 Å². The second-order valence-electron chi connectivity index (χ2n) is 8.15. The van der Waals surface area contributed by atoms with Crippen molar-refractivity contribution < 1.29 is 19.1 Å². The van der Waals surface area contributed by atoms with E-state index in [1.54, 1.807) is 0 Å². The molecule has 0 amide bonds. The Kier molecular flexibility index (Phi) is 10.1. The lowest BCUT2D eigenvalue weighted by atomic mass is 9.86. The Hall–Kier alpha value is -1.84. The number of carbonyl (C=O) groups excluding carboxylic acids is 2. The van der Waals surface area contributed by atoms with Crippen LogP contribution in [0.2, 0.25) is 0 Å². The Morgan fingerprint density at radius 2 is 1.48 bits per heavy atom. The van der Waals surface area contributed by atoms with Crippen LogP contribution in [-0.4, -0.2) is 25.2 Å². The summed E-state index contributed by atoms with van der Waals surface area (Å²) in [5, 5.41) is 0. The lowest BCUT2D eigenvalue weighted by Gasteiger charge is -2.20. The molecule has 0 radical (unpaired) electrons. The van der Waals surface area contributed by atoms with Gasteiger partial charge in [0.25, 0.3) is 0 Å². The molecule has 0 aliphatic rings. The summed E-state index contributed by atoms with van der Waals surface area (Å²) in [5.74, 6) is -1.14. The van der Waals surface area contributed by atoms with Gasteiger partial charge in [-0.3, -0.25) is 9.59 Å². The SMILES string of the molecule is CCCCOC(=O)CC(Cc1ccc(C(C)(C)C)cc1)C(=O)OCCCC. The molecule has 0 saturated heterocycles. The van der Waals surface area contributed by atoms with E-state index in [9.17, 15) is 9.59 Å². The van der Waals surface area contributed by atoms with E-state index in [4.69, 9.17) is 9.47 Å². The third kappa shape index (κ3) is 9.07. The van der Waals surface area contributed by atoms with Crippen molar-refractivity contribution in [2.45, 2.75) is 78.6 Å². The topological polar surface area (TPSA) is 52.6 Å². The molecule has 0 spiro atoms. The van der Waals surface area contributed by atoms with Gasteiger partial charge in [0.15, 0.2) is 0 Å². The van der Waals surface area contributed by atoms with E-state index in [0.717, 1.165) is 31.2 Å². The van der Waals surface area contributed by atoms with Crippen LogP contribution in [0, 0.1) is 5.92 Å². The Morgan fingerprint density at radius 3 is 2.00 bits per heavy atom. The first-order valence-electron chi connectivity index (χ1n) is 10.2. The summed E-state index contributed by atoms with van der Waals surface area (Å²) in [6.07, 6.45) is 4.15. The molecule has 0 aromatic heterocycles. The summed E-state index contributed by atoms with van der Waals surface area (Å²) in [6.45, 7) is 11.4. The number of rotatable bonds is 11. The Balaban J connectivity index is 2.77. The van der Waals surface area contributed by atoms with Crippen molar-refractivity contribution in [3.8, 4) is 0 Å². The zero-order valence-corrected chi connectivity index (χ0v) is 17.7. The molecule has 1 aromatic rings. The standard InChI is InChI=1S/C23H36O4/c1-6-8-14-26-21(24)17-19(22(25)27-15-9-7-2)16-18-10-12-20(13-11-18)23(3,4)5/h10-13,19H,6-9,14-17H2,1-5H3. The average Bonchev–Trinajstić information content (AvgIpc) is 2.61. The summed E-state index contributed by atoms with van der Waals surface area (Å²) in [5.41, 5.74) is 2.36. The number of ether oxygens (including phenoxy) is 2. The molecule has 1 unspecified atom stereocenters. The quantitative estimate of drug-likeness (QED) is 0.392.